The van der Waals surface area contributed by atoms with E-state index in [-0.39, 0.29) is 22.6 Å². The number of hydrogen-bond acceptors (Lipinski definition) is 6. The van der Waals surface area contributed by atoms with Gasteiger partial charge in [-0.1, -0.05) is 11.6 Å². The van der Waals surface area contributed by atoms with Crippen LogP contribution in [-0.4, -0.2) is 83.8 Å². The average Bonchev–Trinajstić information content (AvgIpc) is 3.35. The third-order valence-electron chi connectivity index (χ3n) is 6.54. The first-order valence-electron chi connectivity index (χ1n) is 11.0. The Morgan fingerprint density at radius 1 is 1.21 bits per heavy atom. The molecule has 2 fully saturated rings. The van der Waals surface area contributed by atoms with Crippen LogP contribution >= 0.6 is 22.9 Å². The number of piperidine rings is 1. The molecule has 2 saturated heterocycles. The number of carboxylic acid groups (broad SMARTS) is 1. The summed E-state index contributed by atoms with van der Waals surface area (Å²) in [6.45, 7) is 5.75. The number of nitrogens with zero attached hydrogens (tertiary/aromatic N) is 3. The van der Waals surface area contributed by atoms with E-state index >= 15 is 0 Å². The third kappa shape index (κ3) is 4.90. The number of hydrogen-bond donors (Lipinski definition) is 1. The van der Waals surface area contributed by atoms with Gasteiger partial charge < -0.3 is 14.9 Å². The van der Waals surface area contributed by atoms with E-state index < -0.39 is 28.6 Å². The zero-order chi connectivity index (χ0) is 23.9. The van der Waals surface area contributed by atoms with Crippen LogP contribution in [0.2, 0.25) is 5.02 Å². The van der Waals surface area contributed by atoms with Crippen LogP contribution in [0.5, 0.6) is 0 Å². The normalized spacial score (nSPS) is 21.1. The molecule has 0 bridgehead atoms. The lowest BCUT2D eigenvalue weighted by molar-refractivity contribution is -0.139. The molecule has 0 aliphatic carbocycles. The van der Waals surface area contributed by atoms with Crippen molar-refractivity contribution in [3.05, 3.63) is 29.3 Å². The minimum atomic E-state index is -4.19. The van der Waals surface area contributed by atoms with Gasteiger partial charge in [-0.3, -0.25) is 9.59 Å². The minimum Gasteiger partial charge on any atom is -0.480 e. The van der Waals surface area contributed by atoms with Crippen molar-refractivity contribution in [1.82, 2.24) is 14.1 Å². The van der Waals surface area contributed by atoms with Crippen molar-refractivity contribution in [2.24, 2.45) is 0 Å². The quantitative estimate of drug-likeness (QED) is 0.611. The zero-order valence-electron chi connectivity index (χ0n) is 18.6. The van der Waals surface area contributed by atoms with Gasteiger partial charge in [0.15, 0.2) is 0 Å². The highest BCUT2D eigenvalue weighted by Crippen LogP contribution is 2.35. The van der Waals surface area contributed by atoms with E-state index in [2.05, 4.69) is 18.7 Å². The fourth-order valence-corrected chi connectivity index (χ4v) is 8.01. The number of halogens is 1. The summed E-state index contributed by atoms with van der Waals surface area (Å²) in [7, 11) is -4.19. The van der Waals surface area contributed by atoms with Crippen molar-refractivity contribution in [3.8, 4) is 0 Å². The third-order valence-corrected chi connectivity index (χ3v) is 10.2. The Labute approximate surface area is 202 Å². The van der Waals surface area contributed by atoms with E-state index in [9.17, 15) is 23.1 Å². The maximum atomic E-state index is 13.5. The standard InChI is InChI=1S/C22H28ClN3O5S2/c1-14(2)24-8-5-17(6-9-24)25-10-7-18(22(25)29)26(13-20(27)28)33(30,31)21-12-15-11-16(23)3-4-19(15)32-21/h3-4,11-12,14,17-18H,5-10,13H2,1-2H3,(H,27,28)/t18-/m0/s1. The largest absolute Gasteiger partial charge is 0.480 e. The molecule has 8 nitrogen and oxygen atoms in total. The number of rotatable bonds is 7. The highest BCUT2D eigenvalue weighted by atomic mass is 35.5. The molecule has 1 atom stereocenters. The molecule has 11 heteroatoms. The fourth-order valence-electron chi connectivity index (χ4n) is 4.76. The topological polar surface area (TPSA) is 98.2 Å². The first-order valence-corrected chi connectivity index (χ1v) is 13.7. The number of aliphatic carboxylic acids is 1. The van der Waals surface area contributed by atoms with Gasteiger partial charge in [0.25, 0.3) is 10.0 Å². The second kappa shape index (κ2) is 9.50. The maximum Gasteiger partial charge on any atom is 0.318 e. The Kier molecular flexibility index (Phi) is 7.02. The van der Waals surface area contributed by atoms with Gasteiger partial charge >= 0.3 is 5.97 Å². The van der Waals surface area contributed by atoms with E-state index in [4.69, 9.17) is 11.6 Å². The number of fused-ring (bicyclic) bond motifs is 1. The molecule has 180 valence electrons. The van der Waals surface area contributed by atoms with Crippen molar-refractivity contribution < 1.29 is 23.1 Å². The summed E-state index contributed by atoms with van der Waals surface area (Å²) < 4.78 is 28.6. The molecule has 1 aromatic carbocycles. The van der Waals surface area contributed by atoms with Crippen LogP contribution in [0.1, 0.15) is 33.1 Å². The van der Waals surface area contributed by atoms with E-state index in [0.29, 0.717) is 23.0 Å². The molecule has 0 radical (unpaired) electrons. The summed E-state index contributed by atoms with van der Waals surface area (Å²) in [5.41, 5.74) is 0. The van der Waals surface area contributed by atoms with Crippen molar-refractivity contribution in [2.45, 2.75) is 55.4 Å². The second-order valence-corrected chi connectivity index (χ2v) is 12.5. The summed E-state index contributed by atoms with van der Waals surface area (Å²) in [6, 6.07) is 6.06. The van der Waals surface area contributed by atoms with Gasteiger partial charge in [-0.05, 0) is 62.8 Å². The predicted molar refractivity (Wildman–Crippen MR) is 128 cm³/mol. The van der Waals surface area contributed by atoms with Crippen molar-refractivity contribution in [2.75, 3.05) is 26.2 Å². The number of likely N-dealkylation sites (tertiary alicyclic amines) is 2. The molecule has 1 amide bonds. The fraction of sp³-hybridized carbons (Fsp3) is 0.545. The summed E-state index contributed by atoms with van der Waals surface area (Å²) >= 11 is 7.07. The highest BCUT2D eigenvalue weighted by Gasteiger charge is 2.45. The van der Waals surface area contributed by atoms with Gasteiger partial charge in [0.05, 0.1) is 0 Å². The molecular formula is C22H28ClN3O5S2. The zero-order valence-corrected chi connectivity index (χ0v) is 21.0. The molecule has 4 rings (SSSR count). The summed E-state index contributed by atoms with van der Waals surface area (Å²) in [5, 5.41) is 10.6. The van der Waals surface area contributed by atoms with Gasteiger partial charge in [0.1, 0.15) is 16.8 Å². The van der Waals surface area contributed by atoms with Gasteiger partial charge in [-0.15, -0.1) is 11.3 Å². The summed E-state index contributed by atoms with van der Waals surface area (Å²) in [6.07, 6.45) is 1.95. The van der Waals surface area contributed by atoms with E-state index in [1.165, 1.54) is 6.07 Å². The Bertz CT molecular complexity index is 1160. The number of benzene rings is 1. The summed E-state index contributed by atoms with van der Waals surface area (Å²) in [4.78, 5) is 29.1. The van der Waals surface area contributed by atoms with E-state index in [1.807, 2.05) is 0 Å². The second-order valence-electron chi connectivity index (χ2n) is 8.89. The molecule has 2 aliphatic rings. The lowest BCUT2D eigenvalue weighted by Gasteiger charge is -2.38. The van der Waals surface area contributed by atoms with Crippen LogP contribution in [0.15, 0.2) is 28.5 Å². The van der Waals surface area contributed by atoms with E-state index in [0.717, 1.165) is 46.3 Å². The van der Waals surface area contributed by atoms with Crippen LogP contribution in [0.3, 0.4) is 0 Å². The number of carbonyl (C=O) groups excluding carboxylic acids is 1. The molecule has 3 heterocycles. The Morgan fingerprint density at radius 3 is 2.55 bits per heavy atom. The van der Waals surface area contributed by atoms with Crippen LogP contribution in [-0.2, 0) is 19.6 Å². The predicted octanol–water partition coefficient (Wildman–Crippen LogP) is 3.10. The first kappa shape index (κ1) is 24.4. The highest BCUT2D eigenvalue weighted by molar-refractivity contribution is 7.91. The Hall–Kier alpha value is -1.72. The monoisotopic (exact) mass is 513 g/mol. The molecule has 2 aliphatic heterocycles. The molecule has 0 saturated carbocycles. The Balaban J connectivity index is 1.58. The molecule has 1 N–H and O–H groups in total. The Morgan fingerprint density at radius 2 is 1.91 bits per heavy atom. The lowest BCUT2D eigenvalue weighted by atomic mass is 10.0. The number of sulfonamides is 1. The van der Waals surface area contributed by atoms with Crippen molar-refractivity contribution >= 4 is 54.9 Å². The van der Waals surface area contributed by atoms with Crippen molar-refractivity contribution in [1.29, 1.82) is 0 Å². The van der Waals surface area contributed by atoms with Crippen LogP contribution < -0.4 is 0 Å². The van der Waals surface area contributed by atoms with Crippen molar-refractivity contribution in [3.63, 3.8) is 0 Å². The van der Waals surface area contributed by atoms with Gasteiger partial charge in [-0.25, -0.2) is 8.42 Å². The minimum absolute atomic E-state index is 0.0116. The van der Waals surface area contributed by atoms with Gasteiger partial charge in [0, 0.05) is 41.4 Å². The summed E-state index contributed by atoms with van der Waals surface area (Å²) in [5.74, 6) is -1.59. The molecule has 1 aromatic heterocycles. The molecule has 2 aromatic rings. The molecule has 0 spiro atoms. The number of thiophene rings is 1. The maximum absolute atomic E-state index is 13.5. The van der Waals surface area contributed by atoms with Crippen LogP contribution in [0.25, 0.3) is 10.1 Å². The number of carbonyl (C=O) groups is 2. The average molecular weight is 514 g/mol. The molecule has 0 unspecified atom stereocenters. The van der Waals surface area contributed by atoms with Crippen LogP contribution in [0, 0.1) is 0 Å². The smallest absolute Gasteiger partial charge is 0.318 e. The van der Waals surface area contributed by atoms with Crippen LogP contribution in [0.4, 0.5) is 0 Å². The first-order chi connectivity index (χ1) is 15.6. The number of carboxylic acids is 1. The van der Waals surface area contributed by atoms with E-state index in [1.54, 1.807) is 23.1 Å². The van der Waals surface area contributed by atoms with Gasteiger partial charge in [0.2, 0.25) is 5.91 Å². The van der Waals surface area contributed by atoms with Gasteiger partial charge in [-0.2, -0.15) is 4.31 Å². The molecule has 33 heavy (non-hydrogen) atoms. The molecular weight excluding hydrogens is 486 g/mol. The number of amides is 1. The lowest BCUT2D eigenvalue weighted by Crippen LogP contribution is -2.51. The SMILES string of the molecule is CC(C)N1CCC(N2CC[C@H](N(CC(=O)O)S(=O)(=O)c3cc4cc(Cl)ccc4s3)C2=O)CC1.